The standard InChI is InChI=1S/C7H8N2S/c1-4-6-7(5(2)9-4)10-3-8-6/h3,9H,1-2H3. The highest BCUT2D eigenvalue weighted by molar-refractivity contribution is 7.17. The Bertz CT molecular complexity index is 327. The van der Waals surface area contributed by atoms with Gasteiger partial charge in [0.05, 0.1) is 10.2 Å². The second-order valence-electron chi connectivity index (χ2n) is 2.41. The highest BCUT2D eigenvalue weighted by atomic mass is 32.1. The van der Waals surface area contributed by atoms with Gasteiger partial charge in [-0.3, -0.25) is 0 Å². The molecule has 2 nitrogen and oxygen atoms in total. The van der Waals surface area contributed by atoms with Crippen LogP contribution in [0.3, 0.4) is 0 Å². The summed E-state index contributed by atoms with van der Waals surface area (Å²) in [5.41, 5.74) is 5.42. The second-order valence-corrected chi connectivity index (χ2v) is 3.26. The predicted molar refractivity (Wildman–Crippen MR) is 43.4 cm³/mol. The Morgan fingerprint density at radius 3 is 2.90 bits per heavy atom. The molecule has 1 N–H and O–H groups in total. The number of nitrogens with one attached hydrogen (secondary N) is 1. The van der Waals surface area contributed by atoms with Crippen LogP contribution in [0.1, 0.15) is 11.4 Å². The molecule has 10 heavy (non-hydrogen) atoms. The number of aryl methyl sites for hydroxylation is 2. The van der Waals surface area contributed by atoms with Crippen molar-refractivity contribution < 1.29 is 0 Å². The zero-order valence-electron chi connectivity index (χ0n) is 5.93. The van der Waals surface area contributed by atoms with Crippen LogP contribution in [-0.2, 0) is 0 Å². The Kier molecular flexibility index (Phi) is 1.08. The maximum absolute atomic E-state index is 4.23. The number of aromatic nitrogens is 2. The van der Waals surface area contributed by atoms with E-state index in [0.717, 1.165) is 5.52 Å². The van der Waals surface area contributed by atoms with Crippen molar-refractivity contribution in [3.63, 3.8) is 0 Å². The molecule has 2 aromatic rings. The maximum atomic E-state index is 4.23. The van der Waals surface area contributed by atoms with Gasteiger partial charge in [0.25, 0.3) is 0 Å². The Morgan fingerprint density at radius 1 is 1.40 bits per heavy atom. The van der Waals surface area contributed by atoms with Gasteiger partial charge in [0.15, 0.2) is 0 Å². The molecule has 0 saturated heterocycles. The van der Waals surface area contributed by atoms with Gasteiger partial charge in [-0.1, -0.05) is 0 Å². The molecule has 0 amide bonds. The number of thiazole rings is 1. The van der Waals surface area contributed by atoms with Gasteiger partial charge in [-0.2, -0.15) is 0 Å². The van der Waals surface area contributed by atoms with Crippen molar-refractivity contribution in [2.75, 3.05) is 0 Å². The Morgan fingerprint density at radius 2 is 2.20 bits per heavy atom. The lowest BCUT2D eigenvalue weighted by molar-refractivity contribution is 1.19. The molecule has 0 radical (unpaired) electrons. The third-order valence-corrected chi connectivity index (χ3v) is 2.58. The Balaban J connectivity index is 2.98. The smallest absolute Gasteiger partial charge is 0.102 e. The minimum Gasteiger partial charge on any atom is -0.360 e. The predicted octanol–water partition coefficient (Wildman–Crippen LogP) is 2.24. The van der Waals surface area contributed by atoms with Gasteiger partial charge in [0, 0.05) is 11.4 Å². The van der Waals surface area contributed by atoms with Gasteiger partial charge in [0.2, 0.25) is 0 Å². The topological polar surface area (TPSA) is 28.7 Å². The summed E-state index contributed by atoms with van der Waals surface area (Å²) in [5.74, 6) is 0. The SMILES string of the molecule is Cc1[nH]c(C)c2scnc12. The normalized spacial score (nSPS) is 11.0. The molecule has 0 atom stereocenters. The third kappa shape index (κ3) is 0.609. The largest absolute Gasteiger partial charge is 0.360 e. The molecule has 0 bridgehead atoms. The van der Waals surface area contributed by atoms with Gasteiger partial charge in [-0.15, -0.1) is 11.3 Å². The van der Waals surface area contributed by atoms with Crippen molar-refractivity contribution in [3.8, 4) is 0 Å². The molecule has 2 rings (SSSR count). The molecular weight excluding hydrogens is 144 g/mol. The molecular formula is C7H8N2S. The number of H-pyrrole nitrogens is 1. The molecule has 0 spiro atoms. The van der Waals surface area contributed by atoms with Crippen LogP contribution in [0.2, 0.25) is 0 Å². The summed E-state index contributed by atoms with van der Waals surface area (Å²) < 4.78 is 1.29. The Hall–Kier alpha value is -0.830. The van der Waals surface area contributed by atoms with E-state index in [1.165, 1.54) is 16.1 Å². The molecule has 3 heteroatoms. The average Bonchev–Trinajstić information content (AvgIpc) is 2.39. The van der Waals surface area contributed by atoms with Gasteiger partial charge in [-0.05, 0) is 13.8 Å². The summed E-state index contributed by atoms with van der Waals surface area (Å²) in [6.07, 6.45) is 0. The van der Waals surface area contributed by atoms with E-state index < -0.39 is 0 Å². The molecule has 0 aliphatic heterocycles. The van der Waals surface area contributed by atoms with Crippen LogP contribution in [-0.4, -0.2) is 9.97 Å². The van der Waals surface area contributed by atoms with E-state index in [4.69, 9.17) is 0 Å². The van der Waals surface area contributed by atoms with Gasteiger partial charge >= 0.3 is 0 Å². The number of hydrogen-bond donors (Lipinski definition) is 1. The molecule has 0 aliphatic rings. The van der Waals surface area contributed by atoms with Crippen molar-refractivity contribution >= 4 is 21.6 Å². The van der Waals surface area contributed by atoms with E-state index >= 15 is 0 Å². The van der Waals surface area contributed by atoms with Crippen molar-refractivity contribution in [3.05, 3.63) is 16.9 Å². The summed E-state index contributed by atoms with van der Waals surface area (Å²) in [7, 11) is 0. The van der Waals surface area contributed by atoms with E-state index in [9.17, 15) is 0 Å². The quantitative estimate of drug-likeness (QED) is 0.616. The zero-order valence-corrected chi connectivity index (χ0v) is 6.75. The summed E-state index contributed by atoms with van der Waals surface area (Å²) in [5, 5.41) is 0. The van der Waals surface area contributed by atoms with Crippen LogP contribution in [0.25, 0.3) is 10.2 Å². The first-order chi connectivity index (χ1) is 4.79. The fourth-order valence-corrected chi connectivity index (χ4v) is 1.99. The molecule has 2 aromatic heterocycles. The van der Waals surface area contributed by atoms with Crippen LogP contribution >= 0.6 is 11.3 Å². The van der Waals surface area contributed by atoms with Crippen LogP contribution in [0.4, 0.5) is 0 Å². The lowest BCUT2D eigenvalue weighted by atomic mass is 10.4. The molecule has 2 heterocycles. The second kappa shape index (κ2) is 1.83. The van der Waals surface area contributed by atoms with E-state index in [1.54, 1.807) is 11.3 Å². The first kappa shape index (κ1) is 5.92. The minimum absolute atomic E-state index is 1.13. The fourth-order valence-electron chi connectivity index (χ4n) is 1.18. The monoisotopic (exact) mass is 152 g/mol. The molecule has 52 valence electrons. The van der Waals surface area contributed by atoms with Gasteiger partial charge in [0.1, 0.15) is 5.52 Å². The van der Waals surface area contributed by atoms with Crippen molar-refractivity contribution in [2.45, 2.75) is 13.8 Å². The first-order valence-corrected chi connectivity index (χ1v) is 4.05. The molecule has 0 aromatic carbocycles. The van der Waals surface area contributed by atoms with Crippen LogP contribution in [0, 0.1) is 13.8 Å². The number of fused-ring (bicyclic) bond motifs is 1. The summed E-state index contributed by atoms with van der Waals surface area (Å²) in [4.78, 5) is 7.47. The summed E-state index contributed by atoms with van der Waals surface area (Å²) in [6, 6.07) is 0. The van der Waals surface area contributed by atoms with Gasteiger partial charge < -0.3 is 4.98 Å². The van der Waals surface area contributed by atoms with Crippen LogP contribution in [0.15, 0.2) is 5.51 Å². The lowest BCUT2D eigenvalue weighted by Crippen LogP contribution is -1.71. The summed E-state index contributed by atoms with van der Waals surface area (Å²) >= 11 is 1.69. The Labute approximate surface area is 62.9 Å². The zero-order chi connectivity index (χ0) is 7.14. The van der Waals surface area contributed by atoms with Gasteiger partial charge in [-0.25, -0.2) is 4.98 Å². The fraction of sp³-hybridized carbons (Fsp3) is 0.286. The van der Waals surface area contributed by atoms with E-state index in [1.807, 2.05) is 5.51 Å². The first-order valence-electron chi connectivity index (χ1n) is 3.17. The highest BCUT2D eigenvalue weighted by Gasteiger charge is 2.04. The van der Waals surface area contributed by atoms with E-state index in [-0.39, 0.29) is 0 Å². The maximum Gasteiger partial charge on any atom is 0.102 e. The van der Waals surface area contributed by atoms with Crippen molar-refractivity contribution in [1.82, 2.24) is 9.97 Å². The van der Waals surface area contributed by atoms with E-state index in [2.05, 4.69) is 23.8 Å². The van der Waals surface area contributed by atoms with Crippen molar-refractivity contribution in [1.29, 1.82) is 0 Å². The summed E-state index contributed by atoms with van der Waals surface area (Å²) in [6.45, 7) is 4.13. The third-order valence-electron chi connectivity index (χ3n) is 1.64. The average molecular weight is 152 g/mol. The molecule has 0 fully saturated rings. The highest BCUT2D eigenvalue weighted by Crippen LogP contribution is 2.23. The molecule has 0 saturated carbocycles. The number of aromatic amines is 1. The molecule has 0 unspecified atom stereocenters. The minimum atomic E-state index is 1.13. The number of rotatable bonds is 0. The van der Waals surface area contributed by atoms with E-state index in [0.29, 0.717) is 0 Å². The molecule has 0 aliphatic carbocycles. The number of nitrogens with zero attached hydrogens (tertiary/aromatic N) is 1. The number of hydrogen-bond acceptors (Lipinski definition) is 2. The van der Waals surface area contributed by atoms with Crippen LogP contribution in [0.5, 0.6) is 0 Å². The van der Waals surface area contributed by atoms with Crippen molar-refractivity contribution in [2.24, 2.45) is 0 Å². The lowest BCUT2D eigenvalue weighted by Gasteiger charge is -1.80. The van der Waals surface area contributed by atoms with Crippen LogP contribution < -0.4 is 0 Å².